The number of carbonyl (C=O) groups excluding carboxylic acids is 1. The van der Waals surface area contributed by atoms with Crippen molar-refractivity contribution in [2.75, 3.05) is 5.75 Å². The fourth-order valence-electron chi connectivity index (χ4n) is 1.54. The second kappa shape index (κ2) is 6.94. The Balaban J connectivity index is 2.87. The smallest absolute Gasteiger partial charge is 0.241 e. The maximum Gasteiger partial charge on any atom is 0.241 e. The Kier molecular flexibility index (Phi) is 6.01. The molecule has 0 heterocycles. The Morgan fingerprint density at radius 2 is 1.76 bits per heavy atom. The summed E-state index contributed by atoms with van der Waals surface area (Å²) in [7, 11) is -3.67. The highest BCUT2D eigenvalue weighted by molar-refractivity contribution is 8.00. The number of benzene rings is 1. The molecule has 4 nitrogen and oxygen atoms in total. The average Bonchev–Trinajstić information content (AvgIpc) is 2.33. The molecule has 0 saturated carbocycles. The van der Waals surface area contributed by atoms with Crippen LogP contribution in [-0.4, -0.2) is 30.7 Å². The summed E-state index contributed by atoms with van der Waals surface area (Å²) < 4.78 is 27.1. The molecule has 0 amide bonds. The number of thioether (sulfide) groups is 1. The third kappa shape index (κ3) is 6.20. The summed E-state index contributed by atoms with van der Waals surface area (Å²) in [5.74, 6) is 0.242. The minimum Gasteiger partial charge on any atom is -0.298 e. The Bertz CT molecular complexity index is 586. The summed E-state index contributed by atoms with van der Waals surface area (Å²) in [6.07, 6.45) is 0. The second-order valence-electron chi connectivity index (χ2n) is 6.02. The van der Waals surface area contributed by atoms with E-state index < -0.39 is 16.1 Å². The number of carbonyl (C=O) groups is 1. The molecule has 0 aliphatic rings. The summed E-state index contributed by atoms with van der Waals surface area (Å²) in [5.41, 5.74) is 0.986. The summed E-state index contributed by atoms with van der Waals surface area (Å²) in [4.78, 5) is 11.9. The molecule has 0 bridgehead atoms. The summed E-state index contributed by atoms with van der Waals surface area (Å²) in [6.45, 7) is 9.39. The van der Waals surface area contributed by atoms with E-state index in [4.69, 9.17) is 0 Å². The number of hydrogen-bond acceptors (Lipinski definition) is 4. The molecule has 0 unspecified atom stereocenters. The van der Waals surface area contributed by atoms with Gasteiger partial charge in [0, 0.05) is 10.5 Å². The zero-order valence-electron chi connectivity index (χ0n) is 13.1. The van der Waals surface area contributed by atoms with Gasteiger partial charge in [-0.15, -0.1) is 0 Å². The van der Waals surface area contributed by atoms with Crippen LogP contribution in [-0.2, 0) is 14.8 Å². The predicted octanol–water partition coefficient (Wildman–Crippen LogP) is 2.76. The first-order valence-electron chi connectivity index (χ1n) is 6.75. The van der Waals surface area contributed by atoms with Crippen LogP contribution < -0.4 is 4.72 Å². The van der Waals surface area contributed by atoms with Gasteiger partial charge in [0.05, 0.1) is 10.9 Å². The van der Waals surface area contributed by atoms with E-state index in [1.54, 1.807) is 36.0 Å². The molecular formula is C15H23NO3S2. The molecule has 1 aromatic carbocycles. The van der Waals surface area contributed by atoms with Gasteiger partial charge in [-0.25, -0.2) is 8.42 Å². The lowest BCUT2D eigenvalue weighted by molar-refractivity contribution is -0.118. The molecule has 0 aliphatic heterocycles. The maximum atomic E-state index is 12.3. The molecule has 21 heavy (non-hydrogen) atoms. The first-order valence-corrected chi connectivity index (χ1v) is 9.21. The number of ketones is 1. The van der Waals surface area contributed by atoms with Gasteiger partial charge < -0.3 is 0 Å². The normalized spacial score (nSPS) is 14.0. The first-order chi connectivity index (χ1) is 9.51. The van der Waals surface area contributed by atoms with Gasteiger partial charge >= 0.3 is 0 Å². The molecule has 1 atom stereocenters. The second-order valence-corrected chi connectivity index (χ2v) is 9.58. The van der Waals surface area contributed by atoms with Crippen LogP contribution in [0.25, 0.3) is 0 Å². The Morgan fingerprint density at radius 1 is 1.24 bits per heavy atom. The molecule has 0 spiro atoms. The predicted molar refractivity (Wildman–Crippen MR) is 88.2 cm³/mol. The number of rotatable bonds is 6. The van der Waals surface area contributed by atoms with Crippen LogP contribution >= 0.6 is 11.8 Å². The highest BCUT2D eigenvalue weighted by Crippen LogP contribution is 2.24. The number of nitrogens with one attached hydrogen (secondary N) is 1. The molecule has 1 rings (SSSR count). The number of aryl methyl sites for hydroxylation is 1. The lowest BCUT2D eigenvalue weighted by Crippen LogP contribution is -2.42. The van der Waals surface area contributed by atoms with Gasteiger partial charge in [-0.1, -0.05) is 38.5 Å². The monoisotopic (exact) mass is 329 g/mol. The molecule has 1 aromatic rings. The average molecular weight is 329 g/mol. The van der Waals surface area contributed by atoms with Crippen molar-refractivity contribution in [1.29, 1.82) is 0 Å². The van der Waals surface area contributed by atoms with Gasteiger partial charge in [0.1, 0.15) is 5.78 Å². The molecule has 6 heteroatoms. The van der Waals surface area contributed by atoms with E-state index >= 15 is 0 Å². The van der Waals surface area contributed by atoms with E-state index in [1.165, 1.54) is 6.92 Å². The number of hydrogen-bond donors (Lipinski definition) is 1. The molecule has 0 radical (unpaired) electrons. The maximum absolute atomic E-state index is 12.3. The SMILES string of the molecule is CC(=O)[C@H](CSC(C)(C)C)NS(=O)(=O)c1ccc(C)cc1. The van der Waals surface area contributed by atoms with E-state index in [9.17, 15) is 13.2 Å². The number of Topliss-reactive ketones (excluding diaryl/α,β-unsaturated/α-hetero) is 1. The zero-order valence-corrected chi connectivity index (χ0v) is 14.8. The summed E-state index contributed by atoms with van der Waals surface area (Å²) in [6, 6.07) is 5.86. The Hall–Kier alpha value is -0.850. The summed E-state index contributed by atoms with van der Waals surface area (Å²) in [5, 5.41) is 0. The third-order valence-corrected chi connectivity index (χ3v) is 5.66. The van der Waals surface area contributed by atoms with E-state index in [-0.39, 0.29) is 15.4 Å². The Morgan fingerprint density at radius 3 is 2.19 bits per heavy atom. The van der Waals surface area contributed by atoms with Gasteiger partial charge in [-0.05, 0) is 26.0 Å². The van der Waals surface area contributed by atoms with Crippen molar-refractivity contribution >= 4 is 27.6 Å². The van der Waals surface area contributed by atoms with Crippen LogP contribution in [0.1, 0.15) is 33.3 Å². The first kappa shape index (κ1) is 18.2. The standard InChI is InChI=1S/C15H23NO3S2/c1-11-6-8-13(9-7-11)21(18,19)16-14(12(2)17)10-20-15(3,4)5/h6-9,14,16H,10H2,1-5H3/t14-/m0/s1. The van der Waals surface area contributed by atoms with E-state index in [2.05, 4.69) is 4.72 Å². The van der Waals surface area contributed by atoms with Gasteiger partial charge in [-0.3, -0.25) is 4.79 Å². The van der Waals surface area contributed by atoms with Crippen molar-refractivity contribution in [3.05, 3.63) is 29.8 Å². The van der Waals surface area contributed by atoms with Crippen molar-refractivity contribution in [3.8, 4) is 0 Å². The molecule has 0 aliphatic carbocycles. The van der Waals surface area contributed by atoms with E-state index in [1.807, 2.05) is 27.7 Å². The Labute approximate surface area is 131 Å². The zero-order chi connectivity index (χ0) is 16.3. The van der Waals surface area contributed by atoms with Crippen LogP contribution in [0.15, 0.2) is 29.2 Å². The molecule has 118 valence electrons. The van der Waals surface area contributed by atoms with Crippen LogP contribution in [0.5, 0.6) is 0 Å². The fraction of sp³-hybridized carbons (Fsp3) is 0.533. The van der Waals surface area contributed by atoms with Crippen molar-refractivity contribution in [3.63, 3.8) is 0 Å². The minimum atomic E-state index is -3.67. The van der Waals surface area contributed by atoms with E-state index in [0.29, 0.717) is 5.75 Å². The third-order valence-electron chi connectivity index (χ3n) is 2.80. The van der Waals surface area contributed by atoms with Gasteiger partial charge in [0.25, 0.3) is 0 Å². The fourth-order valence-corrected chi connectivity index (χ4v) is 3.88. The van der Waals surface area contributed by atoms with Crippen LogP contribution in [0, 0.1) is 6.92 Å². The van der Waals surface area contributed by atoms with Gasteiger partial charge in [-0.2, -0.15) is 16.5 Å². The van der Waals surface area contributed by atoms with Crippen molar-refractivity contribution in [2.24, 2.45) is 0 Å². The van der Waals surface area contributed by atoms with Crippen LogP contribution in [0.4, 0.5) is 0 Å². The highest BCUT2D eigenvalue weighted by Gasteiger charge is 2.25. The topological polar surface area (TPSA) is 63.2 Å². The van der Waals surface area contributed by atoms with Crippen LogP contribution in [0.2, 0.25) is 0 Å². The molecule has 0 aromatic heterocycles. The molecule has 0 saturated heterocycles. The van der Waals surface area contributed by atoms with Crippen molar-refractivity contribution < 1.29 is 13.2 Å². The largest absolute Gasteiger partial charge is 0.298 e. The van der Waals surface area contributed by atoms with Crippen molar-refractivity contribution in [2.45, 2.75) is 50.3 Å². The minimum absolute atomic E-state index is 0.0248. The molecule has 1 N–H and O–H groups in total. The van der Waals surface area contributed by atoms with Crippen molar-refractivity contribution in [1.82, 2.24) is 4.72 Å². The van der Waals surface area contributed by atoms with Crippen LogP contribution in [0.3, 0.4) is 0 Å². The van der Waals surface area contributed by atoms with Gasteiger partial charge in [0.2, 0.25) is 10.0 Å². The van der Waals surface area contributed by atoms with E-state index in [0.717, 1.165) is 5.56 Å². The van der Waals surface area contributed by atoms with Gasteiger partial charge in [0.15, 0.2) is 0 Å². The lowest BCUT2D eigenvalue weighted by atomic mass is 10.2. The number of sulfonamides is 1. The molecule has 0 fully saturated rings. The quantitative estimate of drug-likeness (QED) is 0.871. The lowest BCUT2D eigenvalue weighted by Gasteiger charge is -2.22. The molecular weight excluding hydrogens is 306 g/mol. The highest BCUT2D eigenvalue weighted by atomic mass is 32.2. The summed E-state index contributed by atoms with van der Waals surface area (Å²) >= 11 is 1.56.